The summed E-state index contributed by atoms with van der Waals surface area (Å²) < 4.78 is 11.4. The van der Waals surface area contributed by atoms with Gasteiger partial charge in [-0.25, -0.2) is 0 Å². The second-order valence-electron chi connectivity index (χ2n) is 9.07. The Hall–Kier alpha value is -3.02. The van der Waals surface area contributed by atoms with Gasteiger partial charge in [0.1, 0.15) is 6.04 Å². The van der Waals surface area contributed by atoms with Crippen LogP contribution < -0.4 is 19.7 Å². The molecule has 1 atom stereocenters. The van der Waals surface area contributed by atoms with Crippen molar-refractivity contribution in [3.8, 4) is 11.5 Å². The van der Waals surface area contributed by atoms with Crippen molar-refractivity contribution in [2.24, 2.45) is 5.92 Å². The van der Waals surface area contributed by atoms with E-state index in [2.05, 4.69) is 38.2 Å². The predicted molar refractivity (Wildman–Crippen MR) is 131 cm³/mol. The number of hydrogen-bond donors (Lipinski definition) is 1. The van der Waals surface area contributed by atoms with Gasteiger partial charge in [0.2, 0.25) is 5.91 Å². The molecule has 0 bridgehead atoms. The molecule has 2 amide bonds. The molecule has 0 saturated heterocycles. The minimum Gasteiger partial charge on any atom is -0.493 e. The summed E-state index contributed by atoms with van der Waals surface area (Å²) >= 11 is 0. The lowest BCUT2D eigenvalue weighted by molar-refractivity contribution is -0.126. The summed E-state index contributed by atoms with van der Waals surface area (Å²) in [5, 5.41) is 2.84. The smallest absolute Gasteiger partial charge is 0.254 e. The molecular weight excluding hydrogens is 416 g/mol. The van der Waals surface area contributed by atoms with Gasteiger partial charge in [0.15, 0.2) is 11.5 Å². The van der Waals surface area contributed by atoms with Gasteiger partial charge in [-0.2, -0.15) is 0 Å². The fourth-order valence-electron chi connectivity index (χ4n) is 4.05. The van der Waals surface area contributed by atoms with Crippen LogP contribution in [0.5, 0.6) is 11.5 Å². The lowest BCUT2D eigenvalue weighted by atomic mass is 10.0. The Labute approximate surface area is 197 Å². The van der Waals surface area contributed by atoms with Crippen LogP contribution in [-0.4, -0.2) is 25.5 Å². The van der Waals surface area contributed by atoms with Gasteiger partial charge in [0, 0.05) is 18.2 Å². The Balaban J connectivity index is 1.84. The molecule has 2 aromatic carbocycles. The quantitative estimate of drug-likeness (QED) is 0.510. The second kappa shape index (κ2) is 11.2. The average Bonchev–Trinajstić information content (AvgIpc) is 3.03. The van der Waals surface area contributed by atoms with Crippen molar-refractivity contribution in [2.45, 2.75) is 66.0 Å². The van der Waals surface area contributed by atoms with Crippen molar-refractivity contribution in [1.82, 2.24) is 5.32 Å². The fraction of sp³-hybridized carbons (Fsp3) is 0.481. The number of carbonyl (C=O) groups is 2. The molecule has 0 aromatic heterocycles. The van der Waals surface area contributed by atoms with Gasteiger partial charge in [-0.15, -0.1) is 0 Å². The number of unbranched alkanes of at least 4 members (excludes halogenated alkanes) is 1. The van der Waals surface area contributed by atoms with E-state index in [-0.39, 0.29) is 11.8 Å². The van der Waals surface area contributed by atoms with Crippen molar-refractivity contribution in [2.75, 3.05) is 18.6 Å². The first-order chi connectivity index (χ1) is 15.8. The van der Waals surface area contributed by atoms with Crippen LogP contribution in [0.25, 0.3) is 0 Å². The van der Waals surface area contributed by atoms with E-state index < -0.39 is 6.04 Å². The number of anilines is 1. The van der Waals surface area contributed by atoms with Crippen molar-refractivity contribution in [1.29, 1.82) is 0 Å². The highest BCUT2D eigenvalue weighted by atomic mass is 16.5. The van der Waals surface area contributed by atoms with Crippen LogP contribution in [0.4, 0.5) is 5.69 Å². The van der Waals surface area contributed by atoms with Gasteiger partial charge < -0.3 is 19.7 Å². The molecular formula is C27H36N2O4. The van der Waals surface area contributed by atoms with Crippen molar-refractivity contribution < 1.29 is 19.1 Å². The highest BCUT2D eigenvalue weighted by Crippen LogP contribution is 2.38. The Kier molecular flexibility index (Phi) is 8.37. The number of aryl methyl sites for hydroxylation is 1. The number of rotatable bonds is 11. The minimum absolute atomic E-state index is 0.121. The Morgan fingerprint density at radius 2 is 1.88 bits per heavy atom. The summed E-state index contributed by atoms with van der Waals surface area (Å²) in [7, 11) is 1.62. The molecule has 2 aromatic rings. The third-order valence-corrected chi connectivity index (χ3v) is 5.89. The molecule has 1 N–H and O–H groups in total. The molecule has 0 radical (unpaired) electrons. The van der Waals surface area contributed by atoms with Crippen molar-refractivity contribution in [3.05, 3.63) is 53.1 Å². The Morgan fingerprint density at radius 1 is 1.12 bits per heavy atom. The first-order valence-electron chi connectivity index (χ1n) is 11.8. The first-order valence-corrected chi connectivity index (χ1v) is 11.8. The monoisotopic (exact) mass is 452 g/mol. The second-order valence-corrected chi connectivity index (χ2v) is 9.07. The maximum Gasteiger partial charge on any atom is 0.254 e. The number of nitrogens with one attached hydrogen (secondary N) is 1. The van der Waals surface area contributed by atoms with Crippen LogP contribution >= 0.6 is 0 Å². The maximum absolute atomic E-state index is 13.3. The standard InChI is InChI=1S/C27H36N2O4/c1-6-7-8-20-9-11-23-22(15-20)26(28-19(4)30)27(31)29(23)17-21-10-12-24(25(16-21)32-5)33-14-13-18(2)3/h9-12,15-16,18,26H,6-8,13-14,17H2,1-5H3,(H,28,30). The van der Waals surface area contributed by atoms with E-state index in [0.29, 0.717) is 30.6 Å². The molecule has 1 heterocycles. The van der Waals surface area contributed by atoms with Crippen LogP contribution in [-0.2, 0) is 22.6 Å². The zero-order chi connectivity index (χ0) is 24.0. The van der Waals surface area contributed by atoms with Gasteiger partial charge in [-0.1, -0.05) is 45.4 Å². The minimum atomic E-state index is -0.653. The van der Waals surface area contributed by atoms with Gasteiger partial charge in [0.25, 0.3) is 5.91 Å². The number of benzene rings is 2. The third kappa shape index (κ3) is 6.06. The van der Waals surface area contributed by atoms with Crippen LogP contribution in [0.3, 0.4) is 0 Å². The molecule has 6 heteroatoms. The molecule has 1 aliphatic heterocycles. The van der Waals surface area contributed by atoms with Crippen molar-refractivity contribution in [3.63, 3.8) is 0 Å². The van der Waals surface area contributed by atoms with Crippen LogP contribution in [0.2, 0.25) is 0 Å². The third-order valence-electron chi connectivity index (χ3n) is 5.89. The molecule has 0 fully saturated rings. The zero-order valence-corrected chi connectivity index (χ0v) is 20.4. The average molecular weight is 453 g/mol. The molecule has 3 rings (SSSR count). The first kappa shape index (κ1) is 24.6. The summed E-state index contributed by atoms with van der Waals surface area (Å²) in [5.74, 6) is 1.58. The van der Waals surface area contributed by atoms with Gasteiger partial charge >= 0.3 is 0 Å². The molecule has 1 unspecified atom stereocenters. The molecule has 1 aliphatic rings. The van der Waals surface area contributed by atoms with E-state index in [1.165, 1.54) is 12.5 Å². The number of ether oxygens (including phenoxy) is 2. The molecule has 0 spiro atoms. The van der Waals surface area contributed by atoms with E-state index in [1.807, 2.05) is 24.3 Å². The highest BCUT2D eigenvalue weighted by molar-refractivity contribution is 6.06. The molecule has 33 heavy (non-hydrogen) atoms. The van der Waals surface area contributed by atoms with E-state index in [1.54, 1.807) is 12.0 Å². The lowest BCUT2D eigenvalue weighted by Crippen LogP contribution is -2.36. The summed E-state index contributed by atoms with van der Waals surface area (Å²) in [6.07, 6.45) is 4.12. The summed E-state index contributed by atoms with van der Waals surface area (Å²) in [6.45, 7) is 8.95. The maximum atomic E-state index is 13.3. The summed E-state index contributed by atoms with van der Waals surface area (Å²) in [4.78, 5) is 26.9. The van der Waals surface area contributed by atoms with Gasteiger partial charge in [0.05, 0.1) is 20.3 Å². The fourth-order valence-corrected chi connectivity index (χ4v) is 4.05. The number of nitrogens with zero attached hydrogens (tertiary/aromatic N) is 1. The predicted octanol–water partition coefficient (Wildman–Crippen LogP) is 5.19. The molecule has 178 valence electrons. The number of hydrogen-bond acceptors (Lipinski definition) is 4. The number of carbonyl (C=O) groups excluding carboxylic acids is 2. The number of amides is 2. The SMILES string of the molecule is CCCCc1ccc2c(c1)C(NC(C)=O)C(=O)N2Cc1ccc(OCCC(C)C)c(OC)c1. The Morgan fingerprint density at radius 3 is 2.55 bits per heavy atom. The van der Waals surface area contributed by atoms with Gasteiger partial charge in [-0.3, -0.25) is 9.59 Å². The zero-order valence-electron chi connectivity index (χ0n) is 20.4. The lowest BCUT2D eigenvalue weighted by Gasteiger charge is -2.19. The largest absolute Gasteiger partial charge is 0.493 e. The van der Waals surface area contributed by atoms with E-state index in [0.717, 1.165) is 42.5 Å². The van der Waals surface area contributed by atoms with Crippen LogP contribution in [0.15, 0.2) is 36.4 Å². The molecule has 0 saturated carbocycles. The van der Waals surface area contributed by atoms with Gasteiger partial charge in [-0.05, 0) is 54.5 Å². The number of fused-ring (bicyclic) bond motifs is 1. The van der Waals surface area contributed by atoms with Crippen LogP contribution in [0, 0.1) is 5.92 Å². The summed E-state index contributed by atoms with van der Waals surface area (Å²) in [6, 6.07) is 11.3. The number of methoxy groups -OCH3 is 1. The van der Waals surface area contributed by atoms with E-state index in [4.69, 9.17) is 9.47 Å². The molecule has 6 nitrogen and oxygen atoms in total. The molecule has 0 aliphatic carbocycles. The Bertz CT molecular complexity index is 986. The normalized spacial score (nSPS) is 15.0. The topological polar surface area (TPSA) is 67.9 Å². The van der Waals surface area contributed by atoms with E-state index >= 15 is 0 Å². The van der Waals surface area contributed by atoms with E-state index in [9.17, 15) is 9.59 Å². The highest BCUT2D eigenvalue weighted by Gasteiger charge is 2.38. The van der Waals surface area contributed by atoms with Crippen LogP contribution in [0.1, 0.15) is 69.7 Å². The van der Waals surface area contributed by atoms with Crippen molar-refractivity contribution >= 4 is 17.5 Å². The summed E-state index contributed by atoms with van der Waals surface area (Å²) in [5.41, 5.74) is 3.82.